The van der Waals surface area contributed by atoms with Crippen molar-refractivity contribution < 1.29 is 46.5 Å². The van der Waals surface area contributed by atoms with Gasteiger partial charge in [0, 0.05) is 19.4 Å². The summed E-state index contributed by atoms with van der Waals surface area (Å²) < 4.78 is 55.5. The summed E-state index contributed by atoms with van der Waals surface area (Å²) in [5.41, 5.74) is 0. The number of hydrogen-bond acceptors (Lipinski definition) is 10. The van der Waals surface area contributed by atoms with Gasteiger partial charge in [0.2, 0.25) is 26.4 Å². The lowest BCUT2D eigenvalue weighted by atomic mass is 10.2. The largest absolute Gasteiger partial charge is 0.793 e. The highest BCUT2D eigenvalue weighted by atomic mass is 31.2. The molecule has 0 saturated carbocycles. The van der Waals surface area contributed by atoms with Gasteiger partial charge >= 0.3 is 19.3 Å². The van der Waals surface area contributed by atoms with Crippen LogP contribution in [-0.2, 0) is 46.5 Å². The Morgan fingerprint density at radius 2 is 1.77 bits per heavy atom. The molecule has 0 aromatic carbocycles. The normalized spacial score (nSPS) is 23.0. The zero-order valence-electron chi connectivity index (χ0n) is 15.5. The molecule has 0 radical (unpaired) electrons. The van der Waals surface area contributed by atoms with Crippen molar-refractivity contribution in [2.24, 2.45) is 0 Å². The molecule has 1 saturated heterocycles. The lowest BCUT2D eigenvalue weighted by molar-refractivity contribution is -0.144. The topological polar surface area (TPSA) is 124 Å². The van der Waals surface area contributed by atoms with E-state index in [0.29, 0.717) is 0 Å². The van der Waals surface area contributed by atoms with Crippen molar-refractivity contribution in [3.8, 4) is 0 Å². The van der Waals surface area contributed by atoms with Crippen LogP contribution in [0.1, 0.15) is 27.7 Å². The molecule has 0 N–H and O–H groups in total. The fraction of sp³-hybridized carbons (Fsp3) is 0.846. The number of ether oxygens (including phenoxy) is 1. The molecule has 150 valence electrons. The second kappa shape index (κ2) is 10.0. The molecule has 1 heterocycles. The van der Waals surface area contributed by atoms with Gasteiger partial charge < -0.3 is 27.7 Å². The summed E-state index contributed by atoms with van der Waals surface area (Å²) in [6.07, 6.45) is 0.0785. The SMILES string of the molecule is CCOP(=O)(CC)C(OC)C(=O)OB1OC(=O)C(P(=O)(CC)OCC)O1. The van der Waals surface area contributed by atoms with Crippen molar-refractivity contribution in [2.45, 2.75) is 39.4 Å². The molecule has 0 spiro atoms. The van der Waals surface area contributed by atoms with Gasteiger partial charge in [-0.05, 0) is 13.8 Å². The van der Waals surface area contributed by atoms with Crippen LogP contribution in [0.2, 0.25) is 0 Å². The number of carbonyl (C=O) groups is 2. The molecule has 0 amide bonds. The smallest absolute Gasteiger partial charge is 0.471 e. The minimum absolute atomic E-state index is 0.0390. The molecule has 0 aliphatic carbocycles. The monoisotopic (exact) mass is 414 g/mol. The van der Waals surface area contributed by atoms with Crippen molar-refractivity contribution in [1.82, 2.24) is 0 Å². The standard InChI is InChI=1S/C13H25BO10P2/c1-6-20-25(17,8-3)12(19-5)10(15)22-14-23-11(16)13(24-14)26(18,9-4)21-7-2/h12-13H,6-9H2,1-5H3. The van der Waals surface area contributed by atoms with E-state index in [0.717, 1.165) is 0 Å². The Hall–Kier alpha value is -0.695. The third kappa shape index (κ3) is 5.18. The average Bonchev–Trinajstić information content (AvgIpc) is 2.96. The minimum atomic E-state index is -3.48. The summed E-state index contributed by atoms with van der Waals surface area (Å²) in [7, 11) is -7.49. The second-order valence-corrected chi connectivity index (χ2v) is 10.8. The Bertz CT molecular complexity index is 597. The van der Waals surface area contributed by atoms with Gasteiger partial charge in [-0.2, -0.15) is 0 Å². The number of rotatable bonds is 11. The Morgan fingerprint density at radius 1 is 1.15 bits per heavy atom. The third-order valence-electron chi connectivity index (χ3n) is 3.58. The van der Waals surface area contributed by atoms with E-state index < -0.39 is 45.7 Å². The molecule has 0 bridgehead atoms. The first-order valence-electron chi connectivity index (χ1n) is 8.27. The predicted molar refractivity (Wildman–Crippen MR) is 93.2 cm³/mol. The first-order valence-corrected chi connectivity index (χ1v) is 12.0. The Kier molecular flexibility index (Phi) is 8.99. The van der Waals surface area contributed by atoms with Gasteiger partial charge in [0.25, 0.3) is 0 Å². The average molecular weight is 414 g/mol. The molecule has 26 heavy (non-hydrogen) atoms. The maximum absolute atomic E-state index is 12.7. The van der Waals surface area contributed by atoms with E-state index in [1.807, 2.05) is 0 Å². The quantitative estimate of drug-likeness (QED) is 0.367. The fourth-order valence-electron chi connectivity index (χ4n) is 2.30. The first-order chi connectivity index (χ1) is 12.2. The highest BCUT2D eigenvalue weighted by molar-refractivity contribution is 7.61. The van der Waals surface area contributed by atoms with Crippen LogP contribution >= 0.6 is 14.7 Å². The third-order valence-corrected chi connectivity index (χ3v) is 8.92. The van der Waals surface area contributed by atoms with Crippen molar-refractivity contribution in [2.75, 3.05) is 32.6 Å². The molecular weight excluding hydrogens is 389 g/mol. The van der Waals surface area contributed by atoms with Gasteiger partial charge in [0.1, 0.15) is 0 Å². The molecule has 4 unspecified atom stereocenters. The van der Waals surface area contributed by atoms with Crippen LogP contribution in [-0.4, -0.2) is 63.6 Å². The lowest BCUT2D eigenvalue weighted by Crippen LogP contribution is -2.34. The fourth-order valence-corrected chi connectivity index (χ4v) is 5.85. The minimum Gasteiger partial charge on any atom is -0.471 e. The Morgan fingerprint density at radius 3 is 2.23 bits per heavy atom. The molecule has 1 rings (SSSR count). The van der Waals surface area contributed by atoms with E-state index in [9.17, 15) is 18.7 Å². The zero-order chi connectivity index (χ0) is 20.0. The van der Waals surface area contributed by atoms with E-state index >= 15 is 0 Å². The summed E-state index contributed by atoms with van der Waals surface area (Å²) in [6.45, 7) is 6.64. The highest BCUT2D eigenvalue weighted by Gasteiger charge is 2.55. The molecule has 10 nitrogen and oxygen atoms in total. The Balaban J connectivity index is 2.86. The maximum Gasteiger partial charge on any atom is 0.793 e. The predicted octanol–water partition coefficient (Wildman–Crippen LogP) is 2.06. The zero-order valence-corrected chi connectivity index (χ0v) is 17.3. The molecule has 1 fully saturated rings. The molecule has 4 atom stereocenters. The van der Waals surface area contributed by atoms with E-state index in [1.54, 1.807) is 27.7 Å². The van der Waals surface area contributed by atoms with Crippen LogP contribution < -0.4 is 0 Å². The molecule has 0 aromatic rings. The molecular formula is C13H25BO10P2. The number of carbonyl (C=O) groups excluding carboxylic acids is 2. The molecule has 1 aliphatic rings. The first kappa shape index (κ1) is 23.3. The highest BCUT2D eigenvalue weighted by Crippen LogP contribution is 2.55. The van der Waals surface area contributed by atoms with Gasteiger partial charge in [-0.1, -0.05) is 13.8 Å². The number of hydrogen-bond donors (Lipinski definition) is 0. The van der Waals surface area contributed by atoms with Crippen molar-refractivity contribution in [3.63, 3.8) is 0 Å². The molecule has 1 aliphatic heterocycles. The van der Waals surface area contributed by atoms with Crippen LogP contribution in [0.3, 0.4) is 0 Å². The summed E-state index contributed by atoms with van der Waals surface area (Å²) in [6, 6.07) is 0. The summed E-state index contributed by atoms with van der Waals surface area (Å²) >= 11 is 0. The van der Waals surface area contributed by atoms with E-state index in [4.69, 9.17) is 27.7 Å². The number of methoxy groups -OCH3 is 1. The summed E-state index contributed by atoms with van der Waals surface area (Å²) in [5.74, 6) is -5.03. The molecule has 0 aromatic heterocycles. The second-order valence-electron chi connectivity index (χ2n) is 5.16. The van der Waals surface area contributed by atoms with Crippen molar-refractivity contribution in [1.29, 1.82) is 0 Å². The van der Waals surface area contributed by atoms with E-state index in [2.05, 4.69) is 0 Å². The van der Waals surface area contributed by atoms with Crippen LogP contribution in [0.5, 0.6) is 0 Å². The van der Waals surface area contributed by atoms with Crippen LogP contribution in [0, 0.1) is 0 Å². The maximum atomic E-state index is 12.7. The Labute approximate surface area is 153 Å². The van der Waals surface area contributed by atoms with Crippen LogP contribution in [0.15, 0.2) is 0 Å². The van der Waals surface area contributed by atoms with Gasteiger partial charge in [0.05, 0.1) is 13.2 Å². The summed E-state index contributed by atoms with van der Waals surface area (Å²) in [5, 5.41) is 0. The van der Waals surface area contributed by atoms with Crippen LogP contribution in [0.25, 0.3) is 0 Å². The van der Waals surface area contributed by atoms with E-state index in [1.165, 1.54) is 7.11 Å². The van der Waals surface area contributed by atoms with Crippen molar-refractivity contribution >= 4 is 34.0 Å². The lowest BCUT2D eigenvalue weighted by Gasteiger charge is -2.23. The summed E-state index contributed by atoms with van der Waals surface area (Å²) in [4.78, 5) is 24.2. The van der Waals surface area contributed by atoms with E-state index in [-0.39, 0.29) is 25.5 Å². The van der Waals surface area contributed by atoms with Crippen molar-refractivity contribution in [3.05, 3.63) is 0 Å². The van der Waals surface area contributed by atoms with Crippen LogP contribution in [0.4, 0.5) is 0 Å². The van der Waals surface area contributed by atoms with Gasteiger partial charge in [-0.3, -0.25) is 18.7 Å². The van der Waals surface area contributed by atoms with Gasteiger partial charge in [-0.15, -0.1) is 0 Å². The van der Waals surface area contributed by atoms with Gasteiger partial charge in [0.15, 0.2) is 0 Å². The van der Waals surface area contributed by atoms with Gasteiger partial charge in [-0.25, -0.2) is 0 Å². The molecule has 13 heteroatoms.